The third kappa shape index (κ3) is 4.75. The van der Waals surface area contributed by atoms with Crippen molar-refractivity contribution in [3.05, 3.63) is 40.1 Å². The minimum atomic E-state index is -0.153. The van der Waals surface area contributed by atoms with Crippen molar-refractivity contribution in [3.63, 3.8) is 0 Å². The average Bonchev–Trinajstić information content (AvgIpc) is 2.90. The molecule has 6 heteroatoms. The maximum atomic E-state index is 12.3. The zero-order chi connectivity index (χ0) is 18.8. The molecule has 0 aliphatic rings. The van der Waals surface area contributed by atoms with E-state index in [0.717, 1.165) is 17.0 Å². The summed E-state index contributed by atoms with van der Waals surface area (Å²) in [4.78, 5) is 16.8. The fraction of sp³-hybridized carbons (Fsp3) is 0.474. The van der Waals surface area contributed by atoms with Crippen LogP contribution in [0.15, 0.2) is 16.5 Å². The molecule has 25 heavy (non-hydrogen) atoms. The van der Waals surface area contributed by atoms with Crippen molar-refractivity contribution < 1.29 is 13.9 Å². The van der Waals surface area contributed by atoms with Crippen LogP contribution in [-0.4, -0.2) is 18.0 Å². The number of rotatable bonds is 5. The van der Waals surface area contributed by atoms with E-state index in [1.807, 2.05) is 34.6 Å². The first-order valence-electron chi connectivity index (χ1n) is 8.22. The minimum absolute atomic E-state index is 0.117. The van der Waals surface area contributed by atoms with Crippen LogP contribution in [-0.2, 0) is 16.6 Å². The predicted molar refractivity (Wildman–Crippen MR) is 99.6 cm³/mol. The predicted octanol–water partition coefficient (Wildman–Crippen LogP) is 4.82. The number of nitrogens with zero attached hydrogens (tertiary/aromatic N) is 1. The highest BCUT2D eigenvalue weighted by Crippen LogP contribution is 2.31. The summed E-state index contributed by atoms with van der Waals surface area (Å²) < 4.78 is 11.1. The van der Waals surface area contributed by atoms with E-state index in [9.17, 15) is 4.79 Å². The zero-order valence-corrected chi connectivity index (χ0v) is 16.4. The number of aryl methyl sites for hydroxylation is 3. The number of hydrogen-bond acceptors (Lipinski definition) is 4. The lowest BCUT2D eigenvalue weighted by molar-refractivity contribution is -0.116. The smallest absolute Gasteiger partial charge is 0.224 e. The van der Waals surface area contributed by atoms with E-state index in [-0.39, 0.29) is 11.3 Å². The highest BCUT2D eigenvalue weighted by molar-refractivity contribution is 6.31. The molecule has 1 aromatic heterocycles. The second-order valence-electron chi connectivity index (χ2n) is 7.13. The number of carbonyl (C=O) groups excluding carboxylic acids is 1. The normalized spacial score (nSPS) is 11.5. The van der Waals surface area contributed by atoms with Crippen molar-refractivity contribution in [1.82, 2.24) is 4.98 Å². The van der Waals surface area contributed by atoms with Gasteiger partial charge in [0.25, 0.3) is 0 Å². The molecule has 0 saturated carbocycles. The number of oxazole rings is 1. The number of amides is 1. The van der Waals surface area contributed by atoms with Crippen LogP contribution in [0.4, 0.5) is 5.69 Å². The molecule has 0 atom stereocenters. The molecule has 1 heterocycles. The number of methoxy groups -OCH3 is 1. The molecule has 0 spiro atoms. The molecule has 1 N–H and O–H groups in total. The van der Waals surface area contributed by atoms with Crippen LogP contribution in [0.1, 0.15) is 50.1 Å². The van der Waals surface area contributed by atoms with Crippen molar-refractivity contribution in [2.45, 2.75) is 52.9 Å². The van der Waals surface area contributed by atoms with E-state index in [2.05, 4.69) is 10.3 Å². The summed E-state index contributed by atoms with van der Waals surface area (Å²) in [6.07, 6.45) is 0.792. The van der Waals surface area contributed by atoms with Crippen molar-refractivity contribution in [3.8, 4) is 5.75 Å². The van der Waals surface area contributed by atoms with Gasteiger partial charge in [-0.1, -0.05) is 32.4 Å². The Kier molecular flexibility index (Phi) is 5.78. The molecule has 1 amide bonds. The third-order valence-corrected chi connectivity index (χ3v) is 4.28. The lowest BCUT2D eigenvalue weighted by atomic mass is 9.97. The van der Waals surface area contributed by atoms with E-state index >= 15 is 0 Å². The monoisotopic (exact) mass is 364 g/mol. The van der Waals surface area contributed by atoms with E-state index in [0.29, 0.717) is 35.2 Å². The lowest BCUT2D eigenvalue weighted by Crippen LogP contribution is -2.13. The van der Waals surface area contributed by atoms with Crippen LogP contribution in [0, 0.1) is 13.8 Å². The van der Waals surface area contributed by atoms with E-state index in [4.69, 9.17) is 20.8 Å². The molecular formula is C19H25ClN2O3. The summed E-state index contributed by atoms with van der Waals surface area (Å²) in [7, 11) is 1.54. The molecule has 0 bridgehead atoms. The maximum absolute atomic E-state index is 12.3. The molecule has 0 radical (unpaired) electrons. The van der Waals surface area contributed by atoms with Crippen molar-refractivity contribution >= 4 is 23.2 Å². The highest BCUT2D eigenvalue weighted by atomic mass is 35.5. The number of aromatic nitrogens is 1. The first kappa shape index (κ1) is 19.3. The Bertz CT molecular complexity index is 776. The summed E-state index contributed by atoms with van der Waals surface area (Å²) in [5.41, 5.74) is 2.16. The number of nitrogens with one attached hydrogen (secondary N) is 1. The number of hydrogen-bond donors (Lipinski definition) is 1. The van der Waals surface area contributed by atoms with Gasteiger partial charge in [-0.2, -0.15) is 0 Å². The molecule has 0 saturated heterocycles. The van der Waals surface area contributed by atoms with Crippen molar-refractivity contribution in [2.75, 3.05) is 12.4 Å². The van der Waals surface area contributed by atoms with Gasteiger partial charge in [-0.3, -0.25) is 4.79 Å². The molecular weight excluding hydrogens is 340 g/mol. The summed E-state index contributed by atoms with van der Waals surface area (Å²) in [6.45, 7) is 9.92. The molecule has 0 fully saturated rings. The first-order valence-corrected chi connectivity index (χ1v) is 8.60. The number of carbonyl (C=O) groups is 1. The Balaban J connectivity index is 2.05. The average molecular weight is 365 g/mol. The number of anilines is 1. The van der Waals surface area contributed by atoms with Crippen LogP contribution in [0.2, 0.25) is 5.02 Å². The van der Waals surface area contributed by atoms with Gasteiger partial charge in [-0.05, 0) is 25.5 Å². The van der Waals surface area contributed by atoms with Gasteiger partial charge < -0.3 is 14.5 Å². The SMILES string of the molecule is COc1cc(Cl)c(C)cc1NC(=O)CCc1oc(C(C)(C)C)nc1C. The molecule has 2 aromatic rings. The van der Waals surface area contributed by atoms with Crippen LogP contribution in [0.25, 0.3) is 0 Å². The summed E-state index contributed by atoms with van der Waals surface area (Å²) >= 11 is 6.09. The van der Waals surface area contributed by atoms with E-state index < -0.39 is 0 Å². The Hall–Kier alpha value is -2.01. The third-order valence-electron chi connectivity index (χ3n) is 3.87. The molecule has 0 aliphatic carbocycles. The number of halogens is 1. The van der Waals surface area contributed by atoms with E-state index in [1.54, 1.807) is 19.2 Å². The van der Waals surface area contributed by atoms with Crippen LogP contribution in [0.5, 0.6) is 5.75 Å². The standard InChI is InChI=1S/C19H25ClN2O3/c1-11-9-14(16(24-6)10-13(11)20)22-17(23)8-7-15-12(2)21-18(25-15)19(3,4)5/h9-10H,7-8H2,1-6H3,(H,22,23). The Labute approximate surface area is 153 Å². The van der Waals surface area contributed by atoms with Crippen LogP contribution < -0.4 is 10.1 Å². The molecule has 0 aliphatic heterocycles. The van der Waals surface area contributed by atoms with Crippen molar-refractivity contribution in [1.29, 1.82) is 0 Å². The van der Waals surface area contributed by atoms with Crippen LogP contribution >= 0.6 is 11.6 Å². The van der Waals surface area contributed by atoms with Crippen LogP contribution in [0.3, 0.4) is 0 Å². The van der Waals surface area contributed by atoms with E-state index in [1.165, 1.54) is 0 Å². The molecule has 0 unspecified atom stereocenters. The van der Waals surface area contributed by atoms with Gasteiger partial charge in [0.15, 0.2) is 5.89 Å². The van der Waals surface area contributed by atoms with Gasteiger partial charge in [-0.15, -0.1) is 0 Å². The first-order chi connectivity index (χ1) is 11.6. The summed E-state index contributed by atoms with van der Waals surface area (Å²) in [5, 5.41) is 3.47. The molecule has 2 rings (SSSR count). The molecule has 136 valence electrons. The Morgan fingerprint density at radius 3 is 2.56 bits per heavy atom. The van der Waals surface area contributed by atoms with Gasteiger partial charge in [0, 0.05) is 29.3 Å². The minimum Gasteiger partial charge on any atom is -0.495 e. The second-order valence-corrected chi connectivity index (χ2v) is 7.53. The lowest BCUT2D eigenvalue weighted by Gasteiger charge is -2.12. The molecule has 1 aromatic carbocycles. The van der Waals surface area contributed by atoms with Gasteiger partial charge in [0.1, 0.15) is 11.5 Å². The largest absolute Gasteiger partial charge is 0.495 e. The fourth-order valence-electron chi connectivity index (χ4n) is 2.35. The van der Waals surface area contributed by atoms with Crippen molar-refractivity contribution in [2.24, 2.45) is 0 Å². The fourth-order valence-corrected chi connectivity index (χ4v) is 2.50. The quantitative estimate of drug-likeness (QED) is 0.825. The Morgan fingerprint density at radius 2 is 2.00 bits per heavy atom. The number of ether oxygens (including phenoxy) is 1. The van der Waals surface area contributed by atoms with Gasteiger partial charge in [0.2, 0.25) is 5.91 Å². The van der Waals surface area contributed by atoms with Gasteiger partial charge >= 0.3 is 0 Å². The van der Waals surface area contributed by atoms with Gasteiger partial charge in [-0.25, -0.2) is 4.98 Å². The number of benzene rings is 1. The highest BCUT2D eigenvalue weighted by Gasteiger charge is 2.22. The zero-order valence-electron chi connectivity index (χ0n) is 15.6. The maximum Gasteiger partial charge on any atom is 0.224 e. The Morgan fingerprint density at radius 1 is 1.32 bits per heavy atom. The molecule has 5 nitrogen and oxygen atoms in total. The van der Waals surface area contributed by atoms with Gasteiger partial charge in [0.05, 0.1) is 18.5 Å². The summed E-state index contributed by atoms with van der Waals surface area (Å²) in [5.74, 6) is 1.86. The topological polar surface area (TPSA) is 64.4 Å². The second kappa shape index (κ2) is 7.48. The summed E-state index contributed by atoms with van der Waals surface area (Å²) in [6, 6.07) is 3.50.